The molecule has 2 N–H and O–H groups in total. The zero-order valence-electron chi connectivity index (χ0n) is 12.0. The fourth-order valence-electron chi connectivity index (χ4n) is 2.50. The maximum Gasteiger partial charge on any atom is 0.0669 e. The van der Waals surface area contributed by atoms with Gasteiger partial charge in [0.05, 0.1) is 6.10 Å². The van der Waals surface area contributed by atoms with Gasteiger partial charge in [0.15, 0.2) is 0 Å². The summed E-state index contributed by atoms with van der Waals surface area (Å²) in [5, 5.41) is 13.3. The molecule has 1 heterocycles. The van der Waals surface area contributed by atoms with Gasteiger partial charge >= 0.3 is 0 Å². The monoisotopic (exact) mass is 242 g/mol. The third kappa shape index (κ3) is 7.02. The summed E-state index contributed by atoms with van der Waals surface area (Å²) in [6, 6.07) is 0. The number of aliphatic hydroxyl groups excluding tert-OH is 1. The number of nitrogens with zero attached hydrogens (tertiary/aromatic N) is 1. The number of likely N-dealkylation sites (tertiary alicyclic amines) is 1. The Balaban J connectivity index is 2.07. The molecule has 17 heavy (non-hydrogen) atoms. The van der Waals surface area contributed by atoms with Crippen molar-refractivity contribution in [2.24, 2.45) is 11.3 Å². The smallest absolute Gasteiger partial charge is 0.0669 e. The lowest BCUT2D eigenvalue weighted by atomic mass is 9.89. The molecule has 0 aromatic carbocycles. The van der Waals surface area contributed by atoms with E-state index in [4.69, 9.17) is 0 Å². The van der Waals surface area contributed by atoms with Crippen LogP contribution >= 0.6 is 0 Å². The van der Waals surface area contributed by atoms with E-state index in [0.29, 0.717) is 0 Å². The number of hydrogen-bond acceptors (Lipinski definition) is 3. The van der Waals surface area contributed by atoms with Crippen LogP contribution in [0.25, 0.3) is 0 Å². The molecule has 3 heteroatoms. The first-order valence-electron chi connectivity index (χ1n) is 6.94. The molecular weight excluding hydrogens is 212 g/mol. The molecule has 0 saturated carbocycles. The summed E-state index contributed by atoms with van der Waals surface area (Å²) in [5.41, 5.74) is 0.217. The molecule has 0 spiro atoms. The van der Waals surface area contributed by atoms with E-state index in [0.717, 1.165) is 25.4 Å². The number of rotatable bonds is 5. The Morgan fingerprint density at radius 3 is 2.41 bits per heavy atom. The fraction of sp³-hybridized carbons (Fsp3) is 1.00. The first kappa shape index (κ1) is 14.9. The predicted octanol–water partition coefficient (Wildman–Crippen LogP) is 1.71. The average Bonchev–Trinajstić information content (AvgIpc) is 2.18. The Labute approximate surface area is 107 Å². The normalized spacial score (nSPS) is 21.7. The summed E-state index contributed by atoms with van der Waals surface area (Å²) < 4.78 is 0. The van der Waals surface area contributed by atoms with Gasteiger partial charge in [0.1, 0.15) is 0 Å². The fourth-order valence-corrected chi connectivity index (χ4v) is 2.50. The number of piperidine rings is 1. The van der Waals surface area contributed by atoms with Gasteiger partial charge in [0.25, 0.3) is 0 Å². The summed E-state index contributed by atoms with van der Waals surface area (Å²) in [6.07, 6.45) is 3.24. The summed E-state index contributed by atoms with van der Waals surface area (Å²) in [7, 11) is 2.19. The van der Waals surface area contributed by atoms with E-state index in [1.165, 1.54) is 25.9 Å². The zero-order chi connectivity index (χ0) is 12.9. The molecule has 1 aliphatic heterocycles. The quantitative estimate of drug-likeness (QED) is 0.770. The summed E-state index contributed by atoms with van der Waals surface area (Å²) in [5.74, 6) is 0.799. The highest BCUT2D eigenvalue weighted by atomic mass is 16.3. The van der Waals surface area contributed by atoms with Crippen molar-refractivity contribution < 1.29 is 5.11 Å². The molecule has 1 atom stereocenters. The molecule has 0 radical (unpaired) electrons. The molecule has 1 saturated heterocycles. The molecule has 1 rings (SSSR count). The predicted molar refractivity (Wildman–Crippen MR) is 73.2 cm³/mol. The van der Waals surface area contributed by atoms with Gasteiger partial charge in [-0.25, -0.2) is 0 Å². The molecule has 3 nitrogen and oxygen atoms in total. The third-order valence-corrected chi connectivity index (χ3v) is 3.50. The molecule has 0 bridgehead atoms. The van der Waals surface area contributed by atoms with E-state index in [1.807, 2.05) is 0 Å². The van der Waals surface area contributed by atoms with Crippen LogP contribution in [0.2, 0.25) is 0 Å². The molecule has 1 fully saturated rings. The van der Waals surface area contributed by atoms with Crippen molar-refractivity contribution in [1.29, 1.82) is 0 Å². The van der Waals surface area contributed by atoms with Gasteiger partial charge in [-0.1, -0.05) is 20.8 Å². The second-order valence-corrected chi connectivity index (χ2v) is 6.82. The van der Waals surface area contributed by atoms with Gasteiger partial charge in [-0.3, -0.25) is 0 Å². The molecule has 1 aliphatic rings. The molecule has 0 amide bonds. The highest BCUT2D eigenvalue weighted by molar-refractivity contribution is 4.74. The highest BCUT2D eigenvalue weighted by Gasteiger charge is 2.18. The number of aliphatic hydroxyl groups is 1. The van der Waals surface area contributed by atoms with Gasteiger partial charge in [-0.2, -0.15) is 0 Å². The van der Waals surface area contributed by atoms with Gasteiger partial charge in [0, 0.05) is 6.54 Å². The van der Waals surface area contributed by atoms with Crippen LogP contribution in [0, 0.1) is 11.3 Å². The van der Waals surface area contributed by atoms with Gasteiger partial charge in [-0.15, -0.1) is 0 Å². The van der Waals surface area contributed by atoms with Crippen LogP contribution in [0.5, 0.6) is 0 Å². The van der Waals surface area contributed by atoms with Crippen molar-refractivity contribution in [3.8, 4) is 0 Å². The van der Waals surface area contributed by atoms with Crippen LogP contribution in [-0.4, -0.2) is 49.3 Å². The van der Waals surface area contributed by atoms with Crippen molar-refractivity contribution in [1.82, 2.24) is 10.2 Å². The first-order valence-corrected chi connectivity index (χ1v) is 6.94. The lowest BCUT2D eigenvalue weighted by Crippen LogP contribution is -2.37. The molecule has 102 valence electrons. The lowest BCUT2D eigenvalue weighted by Gasteiger charge is -2.29. The topological polar surface area (TPSA) is 35.5 Å². The second kappa shape index (κ2) is 6.72. The summed E-state index contributed by atoms with van der Waals surface area (Å²) >= 11 is 0. The average molecular weight is 242 g/mol. The van der Waals surface area contributed by atoms with Crippen molar-refractivity contribution in [2.75, 3.05) is 33.2 Å². The molecule has 1 unspecified atom stereocenters. The van der Waals surface area contributed by atoms with Crippen molar-refractivity contribution in [3.63, 3.8) is 0 Å². The minimum Gasteiger partial charge on any atom is -0.392 e. The maximum absolute atomic E-state index is 9.89. The molecule has 0 aliphatic carbocycles. The van der Waals surface area contributed by atoms with Crippen LogP contribution < -0.4 is 5.32 Å². The number of hydrogen-bond donors (Lipinski definition) is 2. The number of nitrogens with one attached hydrogen (secondary N) is 1. The third-order valence-electron chi connectivity index (χ3n) is 3.50. The van der Waals surface area contributed by atoms with Crippen LogP contribution in [0.3, 0.4) is 0 Å². The minimum atomic E-state index is -0.207. The van der Waals surface area contributed by atoms with Crippen molar-refractivity contribution in [3.05, 3.63) is 0 Å². The Bertz CT molecular complexity index is 205. The lowest BCUT2D eigenvalue weighted by molar-refractivity contribution is 0.116. The largest absolute Gasteiger partial charge is 0.392 e. The first-order chi connectivity index (χ1) is 7.87. The van der Waals surface area contributed by atoms with Crippen molar-refractivity contribution in [2.45, 2.75) is 46.1 Å². The second-order valence-electron chi connectivity index (χ2n) is 6.82. The van der Waals surface area contributed by atoms with Gasteiger partial charge in [-0.05, 0) is 57.3 Å². The van der Waals surface area contributed by atoms with E-state index in [9.17, 15) is 5.11 Å². The Morgan fingerprint density at radius 2 is 1.88 bits per heavy atom. The Kier molecular flexibility index (Phi) is 5.90. The van der Waals surface area contributed by atoms with Crippen LogP contribution in [0.4, 0.5) is 0 Å². The molecule has 0 aromatic heterocycles. The van der Waals surface area contributed by atoms with E-state index < -0.39 is 0 Å². The zero-order valence-corrected chi connectivity index (χ0v) is 12.0. The van der Waals surface area contributed by atoms with Crippen LogP contribution in [0.15, 0.2) is 0 Å². The maximum atomic E-state index is 9.89. The summed E-state index contributed by atoms with van der Waals surface area (Å²) in [6.45, 7) is 10.8. The Hall–Kier alpha value is -0.120. The van der Waals surface area contributed by atoms with E-state index in [-0.39, 0.29) is 11.5 Å². The van der Waals surface area contributed by atoms with Crippen molar-refractivity contribution >= 4 is 0 Å². The minimum absolute atomic E-state index is 0.207. The van der Waals surface area contributed by atoms with E-state index >= 15 is 0 Å². The molecular formula is C14H30N2O. The van der Waals surface area contributed by atoms with Gasteiger partial charge in [0.2, 0.25) is 0 Å². The van der Waals surface area contributed by atoms with E-state index in [2.05, 4.69) is 38.0 Å². The SMILES string of the molecule is CN1CCC(CNCC(O)CC(C)(C)C)CC1. The van der Waals surface area contributed by atoms with Crippen LogP contribution in [-0.2, 0) is 0 Å². The van der Waals surface area contributed by atoms with Gasteiger partial charge < -0.3 is 15.3 Å². The van der Waals surface area contributed by atoms with Crippen LogP contribution in [0.1, 0.15) is 40.0 Å². The van der Waals surface area contributed by atoms with E-state index in [1.54, 1.807) is 0 Å². The Morgan fingerprint density at radius 1 is 1.29 bits per heavy atom. The summed E-state index contributed by atoms with van der Waals surface area (Å²) in [4.78, 5) is 2.39. The standard InChI is InChI=1S/C14H30N2O/c1-14(2,3)9-13(17)11-15-10-12-5-7-16(4)8-6-12/h12-13,15,17H,5-11H2,1-4H3. The molecule has 0 aromatic rings. The highest BCUT2D eigenvalue weighted by Crippen LogP contribution is 2.20.